The molecule has 3 heteroatoms. The molecule has 54 valence electrons. The number of aryl methyl sites for hydroxylation is 1. The molecule has 0 unspecified atom stereocenters. The third-order valence-electron chi connectivity index (χ3n) is 1.13. The first-order valence-corrected chi connectivity index (χ1v) is 3.28. The maximum Gasteiger partial charge on any atom is 0.133 e. The maximum atomic E-state index is 5.64. The molecule has 2 nitrogen and oxygen atoms in total. The predicted octanol–water partition coefficient (Wildman–Crippen LogP) is 2.05. The fourth-order valence-corrected chi connectivity index (χ4v) is 0.957. The monoisotopic (exact) mass is 157 g/mol. The highest BCUT2D eigenvalue weighted by atomic mass is 35.5. The Hall–Kier alpha value is -0.760. The lowest BCUT2D eigenvalue weighted by atomic mass is 10.4. The van der Waals surface area contributed by atoms with E-state index in [4.69, 9.17) is 16.3 Å². The van der Waals surface area contributed by atoms with Gasteiger partial charge in [0, 0.05) is 17.8 Å². The quantitative estimate of drug-likeness (QED) is 0.583. The van der Waals surface area contributed by atoms with E-state index >= 15 is 0 Å². The molecule has 0 amide bonds. The average molecular weight is 158 g/mol. The minimum Gasteiger partial charge on any atom is -0.497 e. The lowest BCUT2D eigenvalue weighted by molar-refractivity contribution is 0.414. The van der Waals surface area contributed by atoms with Crippen molar-refractivity contribution in [3.63, 3.8) is 0 Å². The minimum atomic E-state index is 0.469. The van der Waals surface area contributed by atoms with Gasteiger partial charge in [-0.1, -0.05) is 11.6 Å². The van der Waals surface area contributed by atoms with Gasteiger partial charge in [-0.15, -0.1) is 0 Å². The number of nitrogens with zero attached hydrogens (tertiary/aromatic N) is 1. The van der Waals surface area contributed by atoms with Crippen molar-refractivity contribution in [1.29, 1.82) is 0 Å². The molecule has 0 spiro atoms. The zero-order chi connectivity index (χ0) is 7.56. The molecule has 1 aromatic heterocycles. The zero-order valence-corrected chi connectivity index (χ0v) is 6.64. The summed E-state index contributed by atoms with van der Waals surface area (Å²) in [6.45, 7) is 1.87. The van der Waals surface area contributed by atoms with E-state index in [2.05, 4.69) is 4.98 Å². The van der Waals surface area contributed by atoms with Gasteiger partial charge in [0.25, 0.3) is 0 Å². The van der Waals surface area contributed by atoms with Crippen LogP contribution >= 0.6 is 11.6 Å². The largest absolute Gasteiger partial charge is 0.497 e. The summed E-state index contributed by atoms with van der Waals surface area (Å²) >= 11 is 5.64. The highest BCUT2D eigenvalue weighted by Crippen LogP contribution is 2.15. The lowest BCUT2D eigenvalue weighted by Gasteiger charge is -1.99. The van der Waals surface area contributed by atoms with Crippen LogP contribution in [-0.4, -0.2) is 12.1 Å². The van der Waals surface area contributed by atoms with Gasteiger partial charge >= 0.3 is 0 Å². The summed E-state index contributed by atoms with van der Waals surface area (Å²) in [5, 5.41) is 0.469. The number of aromatic nitrogens is 1. The molecule has 0 fully saturated rings. The van der Waals surface area contributed by atoms with Crippen LogP contribution in [0, 0.1) is 6.92 Å². The van der Waals surface area contributed by atoms with Gasteiger partial charge in [-0.3, -0.25) is 0 Å². The number of methoxy groups -OCH3 is 1. The van der Waals surface area contributed by atoms with Crippen molar-refractivity contribution in [3.05, 3.63) is 23.0 Å². The van der Waals surface area contributed by atoms with Crippen molar-refractivity contribution in [2.24, 2.45) is 0 Å². The third kappa shape index (κ3) is 1.61. The van der Waals surface area contributed by atoms with Crippen molar-refractivity contribution < 1.29 is 4.74 Å². The smallest absolute Gasteiger partial charge is 0.133 e. The predicted molar refractivity (Wildman–Crippen MR) is 40.5 cm³/mol. The number of halogens is 1. The molecular weight excluding hydrogens is 150 g/mol. The summed E-state index contributed by atoms with van der Waals surface area (Å²) in [6.07, 6.45) is 0. The number of pyridine rings is 1. The maximum absolute atomic E-state index is 5.64. The fourth-order valence-electron chi connectivity index (χ4n) is 0.716. The second-order valence-electron chi connectivity index (χ2n) is 1.97. The second kappa shape index (κ2) is 2.88. The number of hydrogen-bond acceptors (Lipinski definition) is 2. The first-order chi connectivity index (χ1) is 4.72. The SMILES string of the molecule is COc1cc(C)nc(Cl)c1. The Kier molecular flexibility index (Phi) is 2.12. The number of rotatable bonds is 1. The van der Waals surface area contributed by atoms with Gasteiger partial charge in [0.05, 0.1) is 7.11 Å². The normalized spacial score (nSPS) is 9.50. The van der Waals surface area contributed by atoms with Gasteiger partial charge in [-0.2, -0.15) is 0 Å². The number of ether oxygens (including phenoxy) is 1. The Balaban J connectivity index is 3.06. The van der Waals surface area contributed by atoms with Crippen LogP contribution in [0.1, 0.15) is 5.69 Å². The van der Waals surface area contributed by atoms with Crippen LogP contribution in [0.3, 0.4) is 0 Å². The molecule has 0 atom stereocenters. The first-order valence-electron chi connectivity index (χ1n) is 2.90. The van der Waals surface area contributed by atoms with Crippen LogP contribution in [0.15, 0.2) is 12.1 Å². The Morgan fingerprint density at radius 3 is 2.70 bits per heavy atom. The fraction of sp³-hybridized carbons (Fsp3) is 0.286. The van der Waals surface area contributed by atoms with E-state index in [0.717, 1.165) is 11.4 Å². The minimum absolute atomic E-state index is 0.469. The molecule has 0 saturated heterocycles. The van der Waals surface area contributed by atoms with E-state index < -0.39 is 0 Å². The summed E-state index contributed by atoms with van der Waals surface area (Å²) < 4.78 is 4.95. The Bertz CT molecular complexity index is 217. The van der Waals surface area contributed by atoms with E-state index in [0.29, 0.717) is 5.15 Å². The van der Waals surface area contributed by atoms with Crippen LogP contribution in [0.25, 0.3) is 0 Å². The van der Waals surface area contributed by atoms with Crippen molar-refractivity contribution in [1.82, 2.24) is 4.98 Å². The summed E-state index contributed by atoms with van der Waals surface area (Å²) in [5.74, 6) is 0.748. The van der Waals surface area contributed by atoms with Gasteiger partial charge in [0.1, 0.15) is 10.9 Å². The molecule has 0 aromatic carbocycles. The molecule has 1 aromatic rings. The Morgan fingerprint density at radius 2 is 2.20 bits per heavy atom. The van der Waals surface area contributed by atoms with E-state index in [-0.39, 0.29) is 0 Å². The molecular formula is C7H8ClNO. The van der Waals surface area contributed by atoms with Gasteiger partial charge in [0.15, 0.2) is 0 Å². The summed E-state index contributed by atoms with van der Waals surface area (Å²) in [7, 11) is 1.60. The molecule has 0 aliphatic carbocycles. The summed E-state index contributed by atoms with van der Waals surface area (Å²) in [5.41, 5.74) is 0.865. The van der Waals surface area contributed by atoms with Gasteiger partial charge in [-0.05, 0) is 6.92 Å². The van der Waals surface area contributed by atoms with Crippen LogP contribution in [0.2, 0.25) is 5.15 Å². The molecule has 0 N–H and O–H groups in total. The van der Waals surface area contributed by atoms with Crippen LogP contribution in [0.5, 0.6) is 5.75 Å². The highest BCUT2D eigenvalue weighted by Gasteiger charge is 1.95. The Morgan fingerprint density at radius 1 is 1.50 bits per heavy atom. The van der Waals surface area contributed by atoms with Crippen molar-refractivity contribution >= 4 is 11.6 Å². The summed E-state index contributed by atoms with van der Waals surface area (Å²) in [6, 6.07) is 3.50. The average Bonchev–Trinajstić information content (AvgIpc) is 1.85. The molecule has 1 heterocycles. The van der Waals surface area contributed by atoms with Crippen molar-refractivity contribution in [3.8, 4) is 5.75 Å². The second-order valence-corrected chi connectivity index (χ2v) is 2.36. The van der Waals surface area contributed by atoms with Crippen molar-refractivity contribution in [2.75, 3.05) is 7.11 Å². The molecule has 0 aliphatic rings. The van der Waals surface area contributed by atoms with Crippen LogP contribution in [-0.2, 0) is 0 Å². The first kappa shape index (κ1) is 7.35. The number of hydrogen-bond donors (Lipinski definition) is 0. The molecule has 1 rings (SSSR count). The molecule has 0 saturated carbocycles. The third-order valence-corrected chi connectivity index (χ3v) is 1.32. The van der Waals surface area contributed by atoms with Gasteiger partial charge < -0.3 is 4.74 Å². The standard InChI is InChI=1S/C7H8ClNO/c1-5-3-6(10-2)4-7(8)9-5/h3-4H,1-2H3. The van der Waals surface area contributed by atoms with Gasteiger partial charge in [-0.25, -0.2) is 4.98 Å². The Labute approximate surface area is 64.8 Å². The van der Waals surface area contributed by atoms with Gasteiger partial charge in [0.2, 0.25) is 0 Å². The topological polar surface area (TPSA) is 22.1 Å². The van der Waals surface area contributed by atoms with E-state index in [1.807, 2.05) is 13.0 Å². The molecule has 0 radical (unpaired) electrons. The van der Waals surface area contributed by atoms with E-state index in [9.17, 15) is 0 Å². The zero-order valence-electron chi connectivity index (χ0n) is 5.89. The lowest BCUT2D eigenvalue weighted by Crippen LogP contribution is -1.86. The summed E-state index contributed by atoms with van der Waals surface area (Å²) in [4.78, 5) is 3.97. The van der Waals surface area contributed by atoms with Crippen molar-refractivity contribution in [2.45, 2.75) is 6.92 Å². The molecule has 0 aliphatic heterocycles. The van der Waals surface area contributed by atoms with E-state index in [1.165, 1.54) is 0 Å². The van der Waals surface area contributed by atoms with Crippen LogP contribution < -0.4 is 4.74 Å². The molecule has 10 heavy (non-hydrogen) atoms. The van der Waals surface area contributed by atoms with E-state index in [1.54, 1.807) is 13.2 Å². The highest BCUT2D eigenvalue weighted by molar-refractivity contribution is 6.29. The molecule has 0 bridgehead atoms. The van der Waals surface area contributed by atoms with Crippen LogP contribution in [0.4, 0.5) is 0 Å².